The van der Waals surface area contributed by atoms with E-state index in [1.807, 2.05) is 12.1 Å². The van der Waals surface area contributed by atoms with Crippen LogP contribution in [0.2, 0.25) is 0 Å². The van der Waals surface area contributed by atoms with Gasteiger partial charge in [-0.1, -0.05) is 12.1 Å². The molecule has 1 saturated heterocycles. The molecule has 0 radical (unpaired) electrons. The first-order valence-electron chi connectivity index (χ1n) is 10.6. The van der Waals surface area contributed by atoms with E-state index in [1.54, 1.807) is 52.3 Å². The SMILES string of the molecule is O=C(/C=C/c1ccc(-c2ccc(F)cc2)s1)N1CCN(C(=O)c2ccc3c(c2)OCO3)CC1. The van der Waals surface area contributed by atoms with Gasteiger partial charge in [0.25, 0.3) is 5.91 Å². The van der Waals surface area contributed by atoms with E-state index >= 15 is 0 Å². The lowest BCUT2D eigenvalue weighted by Crippen LogP contribution is -2.50. The van der Waals surface area contributed by atoms with Crippen molar-refractivity contribution in [2.75, 3.05) is 33.0 Å². The van der Waals surface area contributed by atoms with Crippen LogP contribution in [0.5, 0.6) is 11.5 Å². The van der Waals surface area contributed by atoms with Crippen molar-refractivity contribution in [3.8, 4) is 21.9 Å². The number of benzene rings is 2. The zero-order valence-electron chi connectivity index (χ0n) is 17.7. The van der Waals surface area contributed by atoms with Crippen LogP contribution in [-0.2, 0) is 4.79 Å². The second-order valence-electron chi connectivity index (χ2n) is 7.73. The predicted octanol–water partition coefficient (Wildman–Crippen LogP) is 4.28. The Morgan fingerprint density at radius 1 is 0.879 bits per heavy atom. The van der Waals surface area contributed by atoms with E-state index in [2.05, 4.69) is 0 Å². The molecule has 2 amide bonds. The van der Waals surface area contributed by atoms with Gasteiger partial charge in [-0.25, -0.2) is 4.39 Å². The molecule has 0 spiro atoms. The van der Waals surface area contributed by atoms with Gasteiger partial charge in [0.1, 0.15) is 5.82 Å². The summed E-state index contributed by atoms with van der Waals surface area (Å²) in [7, 11) is 0. The maximum absolute atomic E-state index is 13.1. The zero-order chi connectivity index (χ0) is 22.8. The van der Waals surface area contributed by atoms with Gasteiger partial charge in [-0.05, 0) is 54.1 Å². The third kappa shape index (κ3) is 4.61. The van der Waals surface area contributed by atoms with Crippen molar-refractivity contribution >= 4 is 29.2 Å². The van der Waals surface area contributed by atoms with Gasteiger partial charge in [0.05, 0.1) is 0 Å². The fourth-order valence-electron chi connectivity index (χ4n) is 3.81. The molecule has 3 aromatic rings. The molecule has 8 heteroatoms. The molecule has 0 bridgehead atoms. The number of amides is 2. The Morgan fingerprint density at radius 3 is 2.39 bits per heavy atom. The summed E-state index contributed by atoms with van der Waals surface area (Å²) >= 11 is 1.54. The van der Waals surface area contributed by atoms with E-state index in [0.717, 1.165) is 15.3 Å². The number of rotatable bonds is 4. The second kappa shape index (κ2) is 9.07. The number of halogens is 1. The van der Waals surface area contributed by atoms with Crippen molar-refractivity contribution in [2.45, 2.75) is 0 Å². The minimum atomic E-state index is -0.265. The van der Waals surface area contributed by atoms with Crippen molar-refractivity contribution in [3.63, 3.8) is 0 Å². The molecule has 0 unspecified atom stereocenters. The molecule has 0 atom stereocenters. The topological polar surface area (TPSA) is 59.1 Å². The summed E-state index contributed by atoms with van der Waals surface area (Å²) in [5.74, 6) is 0.795. The van der Waals surface area contributed by atoms with Crippen LogP contribution < -0.4 is 9.47 Å². The van der Waals surface area contributed by atoms with Crippen LogP contribution in [0.1, 0.15) is 15.2 Å². The Hall–Kier alpha value is -3.65. The Balaban J connectivity index is 1.16. The summed E-state index contributed by atoms with van der Waals surface area (Å²) in [6.45, 7) is 2.07. The zero-order valence-corrected chi connectivity index (χ0v) is 18.5. The minimum Gasteiger partial charge on any atom is -0.454 e. The minimum absolute atomic E-state index is 0.0807. The number of fused-ring (bicyclic) bond motifs is 1. The number of carbonyl (C=O) groups excluding carboxylic acids is 2. The molecule has 1 aromatic heterocycles. The van der Waals surface area contributed by atoms with E-state index in [4.69, 9.17) is 9.47 Å². The molecule has 0 N–H and O–H groups in total. The summed E-state index contributed by atoms with van der Waals surface area (Å²) in [5.41, 5.74) is 1.49. The Kier molecular flexibility index (Phi) is 5.83. The maximum atomic E-state index is 13.1. The molecule has 33 heavy (non-hydrogen) atoms. The molecule has 2 aromatic carbocycles. The Bertz CT molecular complexity index is 1210. The Labute approximate surface area is 194 Å². The van der Waals surface area contributed by atoms with Gasteiger partial charge in [-0.15, -0.1) is 11.3 Å². The molecular formula is C25H21FN2O4S. The molecule has 3 heterocycles. The molecule has 1 fully saturated rings. The highest BCUT2D eigenvalue weighted by molar-refractivity contribution is 7.16. The third-order valence-corrected chi connectivity index (χ3v) is 6.74. The molecule has 0 saturated carbocycles. The molecule has 0 aliphatic carbocycles. The lowest BCUT2D eigenvalue weighted by atomic mass is 10.1. The number of ether oxygens (including phenoxy) is 2. The van der Waals surface area contributed by atoms with Gasteiger partial charge in [0, 0.05) is 47.6 Å². The van der Waals surface area contributed by atoms with Crippen molar-refractivity contribution in [2.24, 2.45) is 0 Å². The van der Waals surface area contributed by atoms with E-state index in [9.17, 15) is 14.0 Å². The van der Waals surface area contributed by atoms with Gasteiger partial charge >= 0.3 is 0 Å². The number of hydrogen-bond acceptors (Lipinski definition) is 5. The average molecular weight is 465 g/mol. The summed E-state index contributed by atoms with van der Waals surface area (Å²) in [5, 5.41) is 0. The van der Waals surface area contributed by atoms with Crippen molar-refractivity contribution in [3.05, 3.63) is 76.9 Å². The van der Waals surface area contributed by atoms with Gasteiger partial charge < -0.3 is 19.3 Å². The van der Waals surface area contributed by atoms with Crippen LogP contribution in [0.4, 0.5) is 4.39 Å². The summed E-state index contributed by atoms with van der Waals surface area (Å²) in [6, 6.07) is 15.4. The van der Waals surface area contributed by atoms with E-state index in [0.29, 0.717) is 43.2 Å². The van der Waals surface area contributed by atoms with Crippen molar-refractivity contribution in [1.82, 2.24) is 9.80 Å². The maximum Gasteiger partial charge on any atom is 0.254 e. The molecule has 2 aliphatic rings. The molecule has 168 valence electrons. The number of carbonyl (C=O) groups is 2. The number of thiophene rings is 1. The fourth-order valence-corrected chi connectivity index (χ4v) is 4.73. The van der Waals surface area contributed by atoms with Crippen molar-refractivity contribution in [1.29, 1.82) is 0 Å². The first-order chi connectivity index (χ1) is 16.1. The van der Waals surface area contributed by atoms with Gasteiger partial charge in [-0.3, -0.25) is 9.59 Å². The monoisotopic (exact) mass is 464 g/mol. The van der Waals surface area contributed by atoms with Crippen LogP contribution >= 0.6 is 11.3 Å². The Morgan fingerprint density at radius 2 is 1.61 bits per heavy atom. The first kappa shape index (κ1) is 21.2. The summed E-state index contributed by atoms with van der Waals surface area (Å²) in [4.78, 5) is 30.9. The number of hydrogen-bond donors (Lipinski definition) is 0. The second-order valence-corrected chi connectivity index (χ2v) is 8.84. The number of piperazine rings is 1. The highest BCUT2D eigenvalue weighted by atomic mass is 32.1. The first-order valence-corrected chi connectivity index (χ1v) is 11.4. The number of nitrogens with zero attached hydrogens (tertiary/aromatic N) is 2. The molecule has 5 rings (SSSR count). The lowest BCUT2D eigenvalue weighted by molar-refractivity contribution is -0.127. The van der Waals surface area contributed by atoms with Crippen LogP contribution in [0.3, 0.4) is 0 Å². The largest absolute Gasteiger partial charge is 0.454 e. The van der Waals surface area contributed by atoms with Crippen LogP contribution in [0.15, 0.2) is 60.7 Å². The standard InChI is InChI=1S/C25H21FN2O4S/c26-19-4-1-17(2-5-19)23-9-6-20(33-23)7-10-24(29)27-11-13-28(14-12-27)25(30)18-3-8-21-22(15-18)32-16-31-21/h1-10,15H,11-14,16H2/b10-7+. The van der Waals surface area contributed by atoms with Crippen molar-refractivity contribution < 1.29 is 23.5 Å². The fraction of sp³-hybridized carbons (Fsp3) is 0.200. The molecule has 2 aliphatic heterocycles. The van der Waals surface area contributed by atoms with E-state index in [1.165, 1.54) is 23.5 Å². The third-order valence-electron chi connectivity index (χ3n) is 5.64. The lowest BCUT2D eigenvalue weighted by Gasteiger charge is -2.34. The molecular weight excluding hydrogens is 443 g/mol. The normalized spacial score (nSPS) is 15.3. The summed E-state index contributed by atoms with van der Waals surface area (Å²) < 4.78 is 23.8. The van der Waals surface area contributed by atoms with E-state index < -0.39 is 0 Å². The summed E-state index contributed by atoms with van der Waals surface area (Å²) in [6.07, 6.45) is 3.36. The predicted molar refractivity (Wildman–Crippen MR) is 124 cm³/mol. The highest BCUT2D eigenvalue weighted by Gasteiger charge is 2.25. The van der Waals surface area contributed by atoms with Crippen LogP contribution in [0.25, 0.3) is 16.5 Å². The van der Waals surface area contributed by atoms with Gasteiger partial charge in [0.15, 0.2) is 11.5 Å². The van der Waals surface area contributed by atoms with E-state index in [-0.39, 0.29) is 24.4 Å². The van der Waals surface area contributed by atoms with Gasteiger partial charge in [0.2, 0.25) is 12.7 Å². The van der Waals surface area contributed by atoms with Crippen LogP contribution in [-0.4, -0.2) is 54.6 Å². The van der Waals surface area contributed by atoms with Crippen LogP contribution in [0, 0.1) is 5.82 Å². The quantitative estimate of drug-likeness (QED) is 0.541. The average Bonchev–Trinajstić information content (AvgIpc) is 3.52. The smallest absolute Gasteiger partial charge is 0.254 e. The van der Waals surface area contributed by atoms with Gasteiger partial charge in [-0.2, -0.15) is 0 Å². The highest BCUT2D eigenvalue weighted by Crippen LogP contribution is 2.33. The molecule has 6 nitrogen and oxygen atoms in total.